The maximum absolute atomic E-state index is 12.7. The van der Waals surface area contributed by atoms with Crippen molar-refractivity contribution in [3.05, 3.63) is 39.9 Å². The van der Waals surface area contributed by atoms with Gasteiger partial charge in [0.1, 0.15) is 18.3 Å². The van der Waals surface area contributed by atoms with Gasteiger partial charge in [0, 0.05) is 44.6 Å². The number of rotatable bonds is 8. The van der Waals surface area contributed by atoms with Gasteiger partial charge in [0.25, 0.3) is 5.69 Å². The molecule has 0 spiro atoms. The van der Waals surface area contributed by atoms with Crippen LogP contribution in [0.1, 0.15) is 30.6 Å². The van der Waals surface area contributed by atoms with Crippen LogP contribution in [-0.2, 0) is 33.3 Å². The molecule has 216 valence electrons. The fraction of sp³-hybridized carbons (Fsp3) is 0.609. The lowest BCUT2D eigenvalue weighted by atomic mass is 9.84. The Bertz CT molecular complexity index is 1060. The van der Waals surface area contributed by atoms with Crippen LogP contribution in [0.3, 0.4) is 0 Å². The second kappa shape index (κ2) is 12.7. The summed E-state index contributed by atoms with van der Waals surface area (Å²) in [4.78, 5) is 46.5. The van der Waals surface area contributed by atoms with Gasteiger partial charge in [-0.15, -0.1) is 0 Å². The number of carbonyl (C=O) groups is 3. The van der Waals surface area contributed by atoms with Crippen LogP contribution in [0, 0.1) is 10.1 Å². The molecule has 1 saturated heterocycles. The normalized spacial score (nSPS) is 34.5. The Morgan fingerprint density at radius 2 is 1.46 bits per heavy atom. The molecule has 1 heterocycles. The topological polar surface area (TPSA) is 271 Å². The molecular formula is C23H34N6O10. The van der Waals surface area contributed by atoms with Crippen molar-refractivity contribution in [2.75, 3.05) is 6.54 Å². The molecule has 1 aromatic rings. The molecule has 0 radical (unpaired) electrons. The highest BCUT2D eigenvalue weighted by Gasteiger charge is 2.51. The number of hydrogen-bond acceptors (Lipinski definition) is 15. The van der Waals surface area contributed by atoms with Crippen molar-refractivity contribution in [2.24, 2.45) is 28.7 Å². The number of nitro groups is 1. The number of esters is 3. The summed E-state index contributed by atoms with van der Waals surface area (Å²) in [5, 5.41) is 10.9. The Morgan fingerprint density at radius 1 is 0.897 bits per heavy atom. The van der Waals surface area contributed by atoms with E-state index in [1.54, 1.807) is 0 Å². The zero-order chi connectivity index (χ0) is 29.0. The minimum atomic E-state index is -1.23. The van der Waals surface area contributed by atoms with Crippen molar-refractivity contribution in [2.45, 2.75) is 81.2 Å². The summed E-state index contributed by atoms with van der Waals surface area (Å²) < 4.78 is 28.2. The molecule has 16 heteroatoms. The average Bonchev–Trinajstić information content (AvgIpc) is 2.87. The molecule has 2 fully saturated rings. The van der Waals surface area contributed by atoms with Crippen molar-refractivity contribution in [3.8, 4) is 0 Å². The van der Waals surface area contributed by atoms with Gasteiger partial charge in [0.15, 0.2) is 18.5 Å². The third-order valence-corrected chi connectivity index (χ3v) is 6.53. The van der Waals surface area contributed by atoms with Crippen molar-refractivity contribution in [3.63, 3.8) is 0 Å². The zero-order valence-electron chi connectivity index (χ0n) is 21.4. The summed E-state index contributed by atoms with van der Waals surface area (Å²) in [6, 6.07) is 1.19. The number of nitrogens with two attached hydrogens (primary N) is 5. The Labute approximate surface area is 223 Å². The van der Waals surface area contributed by atoms with Crippen LogP contribution < -0.4 is 28.7 Å². The molecule has 0 aromatic heterocycles. The van der Waals surface area contributed by atoms with E-state index < -0.39 is 83.8 Å². The first-order valence-electron chi connectivity index (χ1n) is 12.2. The number of nitrogens with zero attached hydrogens (tertiary/aromatic N) is 1. The molecule has 3 rings (SSSR count). The van der Waals surface area contributed by atoms with Gasteiger partial charge in [-0.2, -0.15) is 0 Å². The fourth-order valence-corrected chi connectivity index (χ4v) is 4.63. The zero-order valence-corrected chi connectivity index (χ0v) is 21.4. The quantitative estimate of drug-likeness (QED) is 0.0983. The number of carbonyl (C=O) groups excluding carboxylic acids is 3. The third kappa shape index (κ3) is 7.04. The monoisotopic (exact) mass is 554 g/mol. The van der Waals surface area contributed by atoms with Crippen molar-refractivity contribution in [1.29, 1.82) is 0 Å². The van der Waals surface area contributed by atoms with Gasteiger partial charge in [-0.3, -0.25) is 19.7 Å². The highest BCUT2D eigenvalue weighted by atomic mass is 16.7. The number of nitro benzene ring substituents is 1. The Kier molecular flexibility index (Phi) is 9.89. The maximum Gasteiger partial charge on any atom is 0.338 e. The smallest absolute Gasteiger partial charge is 0.338 e. The van der Waals surface area contributed by atoms with Gasteiger partial charge in [-0.05, 0) is 18.6 Å². The summed E-state index contributed by atoms with van der Waals surface area (Å²) >= 11 is 0. The molecule has 16 nitrogen and oxygen atoms in total. The van der Waals surface area contributed by atoms with Gasteiger partial charge < -0.3 is 52.4 Å². The summed E-state index contributed by atoms with van der Waals surface area (Å²) in [6.07, 6.45) is -6.42. The van der Waals surface area contributed by atoms with E-state index >= 15 is 0 Å². The predicted octanol–water partition coefficient (Wildman–Crippen LogP) is -2.23. The molecule has 10 atom stereocenters. The number of hydrogen-bond donors (Lipinski definition) is 5. The molecule has 0 unspecified atom stereocenters. The Hall–Kier alpha value is -3.25. The lowest BCUT2D eigenvalue weighted by Gasteiger charge is -2.47. The van der Waals surface area contributed by atoms with Gasteiger partial charge in [-0.25, -0.2) is 4.79 Å². The molecule has 1 aliphatic heterocycles. The first-order chi connectivity index (χ1) is 18.3. The van der Waals surface area contributed by atoms with Gasteiger partial charge in [0.05, 0.1) is 22.6 Å². The SMILES string of the molecule is CC(=O)O[C@@H]1[C@@H](OC(C)=O)[C@H](N)C[C@H](N)[C@H]1O[C@H]1O[C@H](CN)[C@H](OC(=O)c2ccc([N+](=O)[O-])cc2)[C@H](N)[C@H]1N. The molecule has 1 aliphatic carbocycles. The molecule has 39 heavy (non-hydrogen) atoms. The molecule has 0 bridgehead atoms. The predicted molar refractivity (Wildman–Crippen MR) is 133 cm³/mol. The molecule has 10 N–H and O–H groups in total. The van der Waals surface area contributed by atoms with E-state index in [1.807, 2.05) is 0 Å². The highest BCUT2D eigenvalue weighted by molar-refractivity contribution is 5.89. The lowest BCUT2D eigenvalue weighted by Crippen LogP contribution is -2.70. The van der Waals surface area contributed by atoms with Crippen LogP contribution in [-0.4, -0.2) is 90.4 Å². The van der Waals surface area contributed by atoms with E-state index in [4.69, 9.17) is 52.4 Å². The van der Waals surface area contributed by atoms with Crippen LogP contribution in [0.2, 0.25) is 0 Å². The maximum atomic E-state index is 12.7. The first kappa shape index (κ1) is 30.3. The number of non-ortho nitro benzene ring substituents is 1. The molecule has 0 amide bonds. The van der Waals surface area contributed by atoms with Crippen molar-refractivity contribution < 1.29 is 43.0 Å². The number of ether oxygens (including phenoxy) is 5. The molecule has 2 aliphatic rings. The molecular weight excluding hydrogens is 520 g/mol. The molecule has 1 saturated carbocycles. The van der Waals surface area contributed by atoms with Gasteiger partial charge in [-0.1, -0.05) is 0 Å². The minimum absolute atomic E-state index is 0.0424. The van der Waals surface area contributed by atoms with Crippen LogP contribution in [0.4, 0.5) is 5.69 Å². The summed E-state index contributed by atoms with van der Waals surface area (Å²) in [6.45, 7) is 2.20. The average molecular weight is 555 g/mol. The van der Waals surface area contributed by atoms with Gasteiger partial charge >= 0.3 is 17.9 Å². The second-order valence-electron chi connectivity index (χ2n) is 9.42. The second-order valence-corrected chi connectivity index (χ2v) is 9.42. The largest absolute Gasteiger partial charge is 0.457 e. The fourth-order valence-electron chi connectivity index (χ4n) is 4.63. The van der Waals surface area contributed by atoms with Crippen LogP contribution in [0.5, 0.6) is 0 Å². The van der Waals surface area contributed by atoms with E-state index in [-0.39, 0.29) is 24.2 Å². The van der Waals surface area contributed by atoms with E-state index in [2.05, 4.69) is 0 Å². The number of benzene rings is 1. The van der Waals surface area contributed by atoms with Gasteiger partial charge in [0.2, 0.25) is 0 Å². The summed E-state index contributed by atoms with van der Waals surface area (Å²) in [5.74, 6) is -2.15. The van der Waals surface area contributed by atoms with Crippen LogP contribution in [0.25, 0.3) is 0 Å². The van der Waals surface area contributed by atoms with E-state index in [0.29, 0.717) is 0 Å². The Morgan fingerprint density at radius 3 is 2.00 bits per heavy atom. The van der Waals surface area contributed by atoms with Crippen molar-refractivity contribution >= 4 is 23.6 Å². The van der Waals surface area contributed by atoms with E-state index in [1.165, 1.54) is 26.0 Å². The molecule has 1 aromatic carbocycles. The minimum Gasteiger partial charge on any atom is -0.457 e. The third-order valence-electron chi connectivity index (χ3n) is 6.53. The van der Waals surface area contributed by atoms with E-state index in [0.717, 1.165) is 12.1 Å². The Balaban J connectivity index is 1.77. The summed E-state index contributed by atoms with van der Waals surface area (Å²) in [7, 11) is 0. The van der Waals surface area contributed by atoms with Crippen molar-refractivity contribution in [1.82, 2.24) is 0 Å². The van der Waals surface area contributed by atoms with Crippen LogP contribution in [0.15, 0.2) is 24.3 Å². The van der Waals surface area contributed by atoms with E-state index in [9.17, 15) is 24.5 Å². The highest BCUT2D eigenvalue weighted by Crippen LogP contribution is 2.30. The first-order valence-corrected chi connectivity index (χ1v) is 12.2. The van der Waals surface area contributed by atoms with Crippen LogP contribution >= 0.6 is 0 Å². The standard InChI is InChI=1S/C23H34N6O10/c1-9(30)35-18-13(25)7-14(26)19(21(18)36-10(2)31)39-23-17(28)16(27)20(15(8-24)37-23)38-22(32)11-3-5-12(6-4-11)29(33)34/h3-6,13-21,23H,7-8,24-28H2,1-2H3/t13-,14+,15-,16-,17-,18+,19-,20+,21-,23-/m1/s1. The lowest BCUT2D eigenvalue weighted by molar-refractivity contribution is -0.384. The summed E-state index contributed by atoms with van der Waals surface area (Å²) in [5.41, 5.74) is 30.8.